The molecule has 0 unspecified atom stereocenters. The molecule has 0 spiro atoms. The minimum atomic E-state index is -0.255. The van der Waals surface area contributed by atoms with E-state index in [9.17, 15) is 4.79 Å². The molecule has 8 nitrogen and oxygen atoms in total. The molecule has 9 heteroatoms. The maximum atomic E-state index is 12.7. The second-order valence-corrected chi connectivity index (χ2v) is 7.61. The standard InChI is InChI=1S/C21H22N4O4S/c1-25-20(26)19(22-15-6-9-17-18(12-15)29-11-3-10-28-17)23-24-21(25)30-13-14-4-7-16(27-2)8-5-14/h4-9,12H,3,10-11,13H2,1-2H3,(H,22,23). The average Bonchev–Trinajstić information content (AvgIpc) is 3.02. The normalized spacial score (nSPS) is 12.9. The van der Waals surface area contributed by atoms with Crippen molar-refractivity contribution in [1.82, 2.24) is 14.8 Å². The lowest BCUT2D eigenvalue weighted by atomic mass is 10.2. The van der Waals surface area contributed by atoms with Gasteiger partial charge < -0.3 is 19.5 Å². The van der Waals surface area contributed by atoms with Crippen molar-refractivity contribution in [3.8, 4) is 17.2 Å². The average molecular weight is 426 g/mol. The molecule has 0 radical (unpaired) electrons. The van der Waals surface area contributed by atoms with Crippen LogP contribution in [0.1, 0.15) is 12.0 Å². The Kier molecular flexibility index (Phi) is 6.08. The zero-order valence-electron chi connectivity index (χ0n) is 16.8. The highest BCUT2D eigenvalue weighted by Gasteiger charge is 2.14. The minimum absolute atomic E-state index is 0.154. The summed E-state index contributed by atoms with van der Waals surface area (Å²) in [5.74, 6) is 2.97. The maximum Gasteiger partial charge on any atom is 0.297 e. The third-order valence-electron chi connectivity index (χ3n) is 4.57. The number of hydrogen-bond acceptors (Lipinski definition) is 8. The highest BCUT2D eigenvalue weighted by molar-refractivity contribution is 7.98. The molecule has 0 aliphatic carbocycles. The van der Waals surface area contributed by atoms with Gasteiger partial charge in [0.05, 0.1) is 20.3 Å². The molecule has 3 aromatic rings. The van der Waals surface area contributed by atoms with Gasteiger partial charge in [-0.05, 0) is 29.8 Å². The number of aromatic nitrogens is 3. The fraction of sp³-hybridized carbons (Fsp3) is 0.286. The molecule has 0 atom stereocenters. The Hall–Kier alpha value is -3.20. The molecule has 2 heterocycles. The van der Waals surface area contributed by atoms with Crippen LogP contribution in [-0.4, -0.2) is 35.1 Å². The number of rotatable bonds is 6. The lowest BCUT2D eigenvalue weighted by Gasteiger charge is -2.12. The minimum Gasteiger partial charge on any atom is -0.497 e. The van der Waals surface area contributed by atoms with Gasteiger partial charge in [0.2, 0.25) is 5.82 Å². The van der Waals surface area contributed by atoms with E-state index in [1.54, 1.807) is 20.2 Å². The Morgan fingerprint density at radius 2 is 1.87 bits per heavy atom. The number of fused-ring (bicyclic) bond motifs is 1. The SMILES string of the molecule is COc1ccc(CSc2nnc(Nc3ccc4c(c3)OCCCO4)c(=O)n2C)cc1. The Bertz CT molecular complexity index is 1090. The Morgan fingerprint density at radius 3 is 2.63 bits per heavy atom. The molecule has 1 N–H and O–H groups in total. The summed E-state index contributed by atoms with van der Waals surface area (Å²) in [5.41, 5.74) is 1.53. The van der Waals surface area contributed by atoms with Crippen LogP contribution in [0.2, 0.25) is 0 Å². The highest BCUT2D eigenvalue weighted by atomic mass is 32.2. The van der Waals surface area contributed by atoms with Crippen LogP contribution in [0.25, 0.3) is 0 Å². The number of nitrogens with zero attached hydrogens (tertiary/aromatic N) is 3. The van der Waals surface area contributed by atoms with Crippen molar-refractivity contribution in [2.24, 2.45) is 7.05 Å². The molecule has 1 aromatic heterocycles. The first-order chi connectivity index (χ1) is 14.6. The van der Waals surface area contributed by atoms with Crippen molar-refractivity contribution in [2.75, 3.05) is 25.6 Å². The molecule has 0 bridgehead atoms. The van der Waals surface area contributed by atoms with E-state index in [0.717, 1.165) is 17.7 Å². The summed E-state index contributed by atoms with van der Waals surface area (Å²) in [6.07, 6.45) is 0.832. The molecule has 0 fully saturated rings. The van der Waals surface area contributed by atoms with Crippen molar-refractivity contribution in [3.05, 3.63) is 58.4 Å². The zero-order valence-corrected chi connectivity index (χ0v) is 17.6. The van der Waals surface area contributed by atoms with E-state index in [2.05, 4.69) is 15.5 Å². The second kappa shape index (κ2) is 9.08. The summed E-state index contributed by atoms with van der Waals surface area (Å²) in [4.78, 5) is 12.7. The van der Waals surface area contributed by atoms with Gasteiger partial charge in [-0.2, -0.15) is 0 Å². The van der Waals surface area contributed by atoms with Crippen molar-refractivity contribution < 1.29 is 14.2 Å². The van der Waals surface area contributed by atoms with Crippen molar-refractivity contribution in [1.29, 1.82) is 0 Å². The van der Waals surface area contributed by atoms with Gasteiger partial charge in [0, 0.05) is 31.0 Å². The zero-order chi connectivity index (χ0) is 20.9. The van der Waals surface area contributed by atoms with E-state index >= 15 is 0 Å². The largest absolute Gasteiger partial charge is 0.497 e. The first-order valence-corrected chi connectivity index (χ1v) is 10.5. The van der Waals surface area contributed by atoms with Crippen molar-refractivity contribution in [2.45, 2.75) is 17.3 Å². The number of ether oxygens (including phenoxy) is 3. The van der Waals surface area contributed by atoms with E-state index in [-0.39, 0.29) is 11.4 Å². The molecule has 2 aromatic carbocycles. The van der Waals surface area contributed by atoms with Crippen LogP contribution in [0, 0.1) is 0 Å². The van der Waals surface area contributed by atoms with Gasteiger partial charge in [-0.25, -0.2) is 0 Å². The summed E-state index contributed by atoms with van der Waals surface area (Å²) >= 11 is 1.45. The summed E-state index contributed by atoms with van der Waals surface area (Å²) in [6, 6.07) is 13.2. The molecule has 0 saturated heterocycles. The summed E-state index contributed by atoms with van der Waals surface area (Å²) in [5, 5.41) is 11.9. The smallest absolute Gasteiger partial charge is 0.297 e. The van der Waals surface area contributed by atoms with Gasteiger partial charge in [0.25, 0.3) is 5.56 Å². The van der Waals surface area contributed by atoms with E-state index < -0.39 is 0 Å². The lowest BCUT2D eigenvalue weighted by Crippen LogP contribution is -2.24. The van der Waals surface area contributed by atoms with Gasteiger partial charge in [-0.15, -0.1) is 10.2 Å². The van der Waals surface area contributed by atoms with E-state index in [0.29, 0.717) is 41.3 Å². The van der Waals surface area contributed by atoms with Crippen LogP contribution in [0.15, 0.2) is 52.4 Å². The molecule has 156 valence electrons. The number of anilines is 2. The van der Waals surface area contributed by atoms with Gasteiger partial charge in [0.1, 0.15) is 5.75 Å². The van der Waals surface area contributed by atoms with Crippen molar-refractivity contribution in [3.63, 3.8) is 0 Å². The molecular formula is C21H22N4O4S. The maximum absolute atomic E-state index is 12.7. The molecule has 1 aliphatic heterocycles. The van der Waals surface area contributed by atoms with Crippen LogP contribution >= 0.6 is 11.8 Å². The van der Waals surface area contributed by atoms with Crippen molar-refractivity contribution >= 4 is 23.3 Å². The quantitative estimate of drug-likeness (QED) is 0.600. The first-order valence-electron chi connectivity index (χ1n) is 9.50. The highest BCUT2D eigenvalue weighted by Crippen LogP contribution is 2.32. The molecule has 4 rings (SSSR count). The topological polar surface area (TPSA) is 87.5 Å². The third kappa shape index (κ3) is 4.51. The third-order valence-corrected chi connectivity index (χ3v) is 5.66. The van der Waals surface area contributed by atoms with Crippen LogP contribution in [0.4, 0.5) is 11.5 Å². The van der Waals surface area contributed by atoms with Crippen LogP contribution in [0.3, 0.4) is 0 Å². The molecule has 30 heavy (non-hydrogen) atoms. The molecule has 0 saturated carbocycles. The number of methoxy groups -OCH3 is 1. The summed E-state index contributed by atoms with van der Waals surface area (Å²) in [7, 11) is 3.32. The van der Waals surface area contributed by atoms with Gasteiger partial charge in [-0.1, -0.05) is 23.9 Å². The summed E-state index contributed by atoms with van der Waals surface area (Å²) < 4.78 is 18.0. The van der Waals surface area contributed by atoms with Gasteiger partial charge >= 0.3 is 0 Å². The second-order valence-electron chi connectivity index (χ2n) is 6.67. The predicted octanol–water partition coefficient (Wildman–Crippen LogP) is 3.38. The predicted molar refractivity (Wildman–Crippen MR) is 115 cm³/mol. The van der Waals surface area contributed by atoms with Crippen LogP contribution in [-0.2, 0) is 12.8 Å². The number of benzene rings is 2. The van der Waals surface area contributed by atoms with E-state index in [4.69, 9.17) is 14.2 Å². The van der Waals surface area contributed by atoms with Gasteiger partial charge in [0.15, 0.2) is 16.7 Å². The number of thioether (sulfide) groups is 1. The monoisotopic (exact) mass is 426 g/mol. The molecule has 1 aliphatic rings. The fourth-order valence-corrected chi connectivity index (χ4v) is 3.76. The lowest BCUT2D eigenvalue weighted by molar-refractivity contribution is 0.297. The number of nitrogens with one attached hydrogen (secondary N) is 1. The van der Waals surface area contributed by atoms with Crippen LogP contribution < -0.4 is 25.1 Å². The summed E-state index contributed by atoms with van der Waals surface area (Å²) in [6.45, 7) is 1.22. The number of hydrogen-bond donors (Lipinski definition) is 1. The van der Waals surface area contributed by atoms with Crippen LogP contribution in [0.5, 0.6) is 17.2 Å². The Morgan fingerprint density at radius 1 is 1.10 bits per heavy atom. The molecule has 0 amide bonds. The Labute approximate surface area is 178 Å². The molecular weight excluding hydrogens is 404 g/mol. The van der Waals surface area contributed by atoms with E-state index in [1.807, 2.05) is 36.4 Å². The van der Waals surface area contributed by atoms with Gasteiger partial charge in [-0.3, -0.25) is 9.36 Å². The van der Waals surface area contributed by atoms with E-state index in [1.165, 1.54) is 16.3 Å². The first kappa shape index (κ1) is 20.1. The fourth-order valence-electron chi connectivity index (χ4n) is 2.90. The Balaban J connectivity index is 1.47.